The van der Waals surface area contributed by atoms with E-state index in [9.17, 15) is 14.7 Å². The third kappa shape index (κ3) is 3.33. The third-order valence-corrected chi connectivity index (χ3v) is 3.50. The summed E-state index contributed by atoms with van der Waals surface area (Å²) in [6, 6.07) is 1.21. The summed E-state index contributed by atoms with van der Waals surface area (Å²) in [5.74, 6) is -1.62. The molecular weight excluding hydrogens is 248 g/mol. The summed E-state index contributed by atoms with van der Waals surface area (Å²) in [6.45, 7) is 1.73. The number of aliphatic carboxylic acids is 1. The maximum Gasteiger partial charge on any atom is 0.308 e. The van der Waals surface area contributed by atoms with Gasteiger partial charge < -0.3 is 14.9 Å². The second-order valence-electron chi connectivity index (χ2n) is 5.00. The zero-order valence-corrected chi connectivity index (χ0v) is 10.9. The highest BCUT2D eigenvalue weighted by atomic mass is 16.5. The molecule has 1 aromatic heterocycles. The summed E-state index contributed by atoms with van der Waals surface area (Å²) in [5, 5.41) is 15.7. The van der Waals surface area contributed by atoms with E-state index >= 15 is 0 Å². The topological polar surface area (TPSA) is 92.4 Å². The maximum absolute atomic E-state index is 12.0. The van der Waals surface area contributed by atoms with Crippen molar-refractivity contribution < 1.29 is 19.2 Å². The first kappa shape index (κ1) is 13.6. The predicted octanol–water partition coefficient (Wildman–Crippen LogP) is 1.75. The number of nitrogens with one attached hydrogen (secondary N) is 1. The van der Waals surface area contributed by atoms with Crippen molar-refractivity contribution in [3.05, 3.63) is 17.5 Å². The Morgan fingerprint density at radius 3 is 2.74 bits per heavy atom. The standard InChI is InChI=1S/C13H18N2O4/c1-8-7-11(19-15-8)12(16)14-10-6-4-2-3-5-9(10)13(17)18/h7,9-10H,2-6H2,1H3,(H,14,16)(H,17,18)/t9-,10-/m0/s1. The second kappa shape index (κ2) is 5.86. The van der Waals surface area contributed by atoms with Crippen LogP contribution in [0, 0.1) is 12.8 Å². The lowest BCUT2D eigenvalue weighted by molar-refractivity contribution is -0.142. The number of carboxylic acid groups (broad SMARTS) is 1. The number of carbonyl (C=O) groups excluding carboxylic acids is 1. The van der Waals surface area contributed by atoms with E-state index in [1.54, 1.807) is 13.0 Å². The minimum Gasteiger partial charge on any atom is -0.481 e. The summed E-state index contributed by atoms with van der Waals surface area (Å²) in [5.41, 5.74) is 0.626. The zero-order chi connectivity index (χ0) is 13.8. The summed E-state index contributed by atoms with van der Waals surface area (Å²) < 4.78 is 4.89. The van der Waals surface area contributed by atoms with Crippen molar-refractivity contribution in [2.75, 3.05) is 0 Å². The molecule has 1 saturated carbocycles. The fourth-order valence-corrected chi connectivity index (χ4v) is 2.49. The second-order valence-corrected chi connectivity index (χ2v) is 5.00. The molecule has 19 heavy (non-hydrogen) atoms. The molecule has 1 aliphatic carbocycles. The summed E-state index contributed by atoms with van der Waals surface area (Å²) >= 11 is 0. The molecule has 104 valence electrons. The van der Waals surface area contributed by atoms with Crippen molar-refractivity contribution in [3.63, 3.8) is 0 Å². The maximum atomic E-state index is 12.0. The molecule has 0 radical (unpaired) electrons. The Morgan fingerprint density at radius 2 is 2.11 bits per heavy atom. The highest BCUT2D eigenvalue weighted by Gasteiger charge is 2.31. The van der Waals surface area contributed by atoms with Gasteiger partial charge in [-0.3, -0.25) is 9.59 Å². The molecule has 0 aromatic carbocycles. The van der Waals surface area contributed by atoms with E-state index in [0.717, 1.165) is 19.3 Å². The number of nitrogens with zero attached hydrogens (tertiary/aromatic N) is 1. The molecule has 1 heterocycles. The highest BCUT2D eigenvalue weighted by Crippen LogP contribution is 2.24. The van der Waals surface area contributed by atoms with Gasteiger partial charge in [-0.15, -0.1) is 0 Å². The van der Waals surface area contributed by atoms with Crippen LogP contribution in [-0.2, 0) is 4.79 Å². The zero-order valence-electron chi connectivity index (χ0n) is 10.9. The van der Waals surface area contributed by atoms with Crippen molar-refractivity contribution in [2.24, 2.45) is 5.92 Å². The molecule has 0 bridgehead atoms. The summed E-state index contributed by atoms with van der Waals surface area (Å²) in [7, 11) is 0. The van der Waals surface area contributed by atoms with Gasteiger partial charge in [-0.05, 0) is 19.8 Å². The summed E-state index contributed by atoms with van der Waals surface area (Å²) in [4.78, 5) is 23.2. The highest BCUT2D eigenvalue weighted by molar-refractivity contribution is 5.92. The van der Waals surface area contributed by atoms with Gasteiger partial charge in [0.15, 0.2) is 0 Å². The van der Waals surface area contributed by atoms with Gasteiger partial charge in [0.2, 0.25) is 5.76 Å². The van der Waals surface area contributed by atoms with Gasteiger partial charge in [-0.2, -0.15) is 0 Å². The number of carboxylic acids is 1. The number of aromatic nitrogens is 1. The Labute approximate surface area is 111 Å². The Morgan fingerprint density at radius 1 is 1.37 bits per heavy atom. The number of hydrogen-bond donors (Lipinski definition) is 2. The van der Waals surface area contributed by atoms with E-state index in [2.05, 4.69) is 10.5 Å². The van der Waals surface area contributed by atoms with Crippen LogP contribution in [-0.4, -0.2) is 28.2 Å². The average Bonchev–Trinajstić information content (AvgIpc) is 2.65. The van der Waals surface area contributed by atoms with Crippen molar-refractivity contribution in [1.82, 2.24) is 10.5 Å². The minimum absolute atomic E-state index is 0.130. The van der Waals surface area contributed by atoms with Crippen LogP contribution in [0.4, 0.5) is 0 Å². The minimum atomic E-state index is -0.846. The van der Waals surface area contributed by atoms with E-state index < -0.39 is 17.8 Å². The molecule has 1 fully saturated rings. The average molecular weight is 266 g/mol. The summed E-state index contributed by atoms with van der Waals surface area (Å²) in [6.07, 6.45) is 4.14. The lowest BCUT2D eigenvalue weighted by Crippen LogP contribution is -2.42. The van der Waals surface area contributed by atoms with Crippen molar-refractivity contribution >= 4 is 11.9 Å². The molecule has 2 rings (SSSR count). The van der Waals surface area contributed by atoms with Gasteiger partial charge in [-0.25, -0.2) is 0 Å². The van der Waals surface area contributed by atoms with Crippen LogP contribution < -0.4 is 5.32 Å². The van der Waals surface area contributed by atoms with Crippen LogP contribution in [0.25, 0.3) is 0 Å². The fraction of sp³-hybridized carbons (Fsp3) is 0.615. The van der Waals surface area contributed by atoms with Crippen LogP contribution in [0.1, 0.15) is 48.4 Å². The molecular formula is C13H18N2O4. The predicted molar refractivity (Wildman–Crippen MR) is 66.7 cm³/mol. The number of hydrogen-bond acceptors (Lipinski definition) is 4. The lowest BCUT2D eigenvalue weighted by atomic mass is 9.95. The number of amides is 1. The molecule has 0 saturated heterocycles. The van der Waals surface area contributed by atoms with Crippen LogP contribution in [0.3, 0.4) is 0 Å². The van der Waals surface area contributed by atoms with Gasteiger partial charge in [0, 0.05) is 12.1 Å². The Hall–Kier alpha value is -1.85. The molecule has 6 nitrogen and oxygen atoms in total. The van der Waals surface area contributed by atoms with Gasteiger partial charge >= 0.3 is 5.97 Å². The monoisotopic (exact) mass is 266 g/mol. The largest absolute Gasteiger partial charge is 0.481 e. The first-order valence-electron chi connectivity index (χ1n) is 6.55. The SMILES string of the molecule is Cc1cc(C(=O)N[C@H]2CCCCC[C@@H]2C(=O)O)on1. The van der Waals surface area contributed by atoms with E-state index in [-0.39, 0.29) is 11.8 Å². The van der Waals surface area contributed by atoms with E-state index in [1.165, 1.54) is 0 Å². The van der Waals surface area contributed by atoms with Gasteiger partial charge in [0.25, 0.3) is 5.91 Å². The van der Waals surface area contributed by atoms with Crippen molar-refractivity contribution in [3.8, 4) is 0 Å². The molecule has 2 atom stereocenters. The van der Waals surface area contributed by atoms with Crippen LogP contribution >= 0.6 is 0 Å². The first-order chi connectivity index (χ1) is 9.08. The molecule has 1 amide bonds. The smallest absolute Gasteiger partial charge is 0.308 e. The number of rotatable bonds is 3. The molecule has 1 aliphatic rings. The quantitative estimate of drug-likeness (QED) is 0.813. The molecule has 0 aliphatic heterocycles. The molecule has 6 heteroatoms. The third-order valence-electron chi connectivity index (χ3n) is 3.50. The molecule has 0 spiro atoms. The normalized spacial score (nSPS) is 23.6. The Balaban J connectivity index is 2.06. The molecule has 1 aromatic rings. The van der Waals surface area contributed by atoms with Crippen LogP contribution in [0.15, 0.2) is 10.6 Å². The molecule has 2 N–H and O–H groups in total. The Kier molecular flexibility index (Phi) is 4.19. The van der Waals surface area contributed by atoms with Gasteiger partial charge in [0.1, 0.15) is 0 Å². The van der Waals surface area contributed by atoms with Crippen molar-refractivity contribution in [2.45, 2.75) is 45.1 Å². The fourth-order valence-electron chi connectivity index (χ4n) is 2.49. The lowest BCUT2D eigenvalue weighted by Gasteiger charge is -2.22. The van der Waals surface area contributed by atoms with Gasteiger partial charge in [0.05, 0.1) is 11.6 Å². The number of carbonyl (C=O) groups is 2. The Bertz CT molecular complexity index is 469. The number of aryl methyl sites for hydroxylation is 1. The van der Waals surface area contributed by atoms with E-state index in [4.69, 9.17) is 4.52 Å². The van der Waals surface area contributed by atoms with Gasteiger partial charge in [-0.1, -0.05) is 24.4 Å². The first-order valence-corrected chi connectivity index (χ1v) is 6.55. The van der Waals surface area contributed by atoms with E-state index in [0.29, 0.717) is 18.5 Å². The van der Waals surface area contributed by atoms with Crippen LogP contribution in [0.5, 0.6) is 0 Å². The van der Waals surface area contributed by atoms with Crippen molar-refractivity contribution in [1.29, 1.82) is 0 Å². The molecule has 0 unspecified atom stereocenters. The van der Waals surface area contributed by atoms with E-state index in [1.807, 2.05) is 0 Å². The van der Waals surface area contributed by atoms with Crippen LogP contribution in [0.2, 0.25) is 0 Å².